The zero-order valence-corrected chi connectivity index (χ0v) is 9.49. The van der Waals surface area contributed by atoms with Crippen molar-refractivity contribution in [2.24, 2.45) is 0 Å². The molecule has 2 N–H and O–H groups in total. The minimum atomic E-state index is -0.0125. The third-order valence-electron chi connectivity index (χ3n) is 2.81. The van der Waals surface area contributed by atoms with Gasteiger partial charge in [-0.05, 0) is 31.0 Å². The molecule has 4 heteroatoms. The van der Waals surface area contributed by atoms with Gasteiger partial charge in [0.2, 0.25) is 5.91 Å². The van der Waals surface area contributed by atoms with Crippen molar-refractivity contribution in [3.05, 3.63) is 29.6 Å². The van der Waals surface area contributed by atoms with Crippen LogP contribution in [0.4, 0.5) is 0 Å². The molecule has 0 unspecified atom stereocenters. The first-order chi connectivity index (χ1) is 7.75. The predicted octanol–water partition coefficient (Wildman–Crippen LogP) is 1.14. The summed E-state index contributed by atoms with van der Waals surface area (Å²) in [6.07, 6.45) is 4.23. The molecular formula is C12H17N3O. The highest BCUT2D eigenvalue weighted by Crippen LogP contribution is 2.20. The third kappa shape index (κ3) is 2.79. The molecule has 0 aliphatic carbocycles. The Labute approximate surface area is 95.5 Å². The van der Waals surface area contributed by atoms with Crippen LogP contribution >= 0.6 is 0 Å². The molecule has 1 aliphatic rings. The highest BCUT2D eigenvalue weighted by molar-refractivity contribution is 5.72. The van der Waals surface area contributed by atoms with Crippen LogP contribution in [0.2, 0.25) is 0 Å². The maximum atomic E-state index is 10.8. The Balaban J connectivity index is 1.95. The summed E-state index contributed by atoms with van der Waals surface area (Å²) in [5.41, 5.74) is 2.14. The van der Waals surface area contributed by atoms with Crippen molar-refractivity contribution in [2.45, 2.75) is 32.4 Å². The van der Waals surface area contributed by atoms with Crippen LogP contribution in [0.25, 0.3) is 0 Å². The number of aromatic nitrogens is 1. The molecule has 0 saturated carbocycles. The molecule has 1 saturated heterocycles. The van der Waals surface area contributed by atoms with Gasteiger partial charge in [0, 0.05) is 25.7 Å². The van der Waals surface area contributed by atoms with Crippen LogP contribution in [0.5, 0.6) is 0 Å². The number of nitrogens with one attached hydrogen (secondary N) is 2. The molecule has 1 atom stereocenters. The van der Waals surface area contributed by atoms with E-state index in [1.807, 2.05) is 18.3 Å². The van der Waals surface area contributed by atoms with Crippen LogP contribution in [-0.4, -0.2) is 17.4 Å². The fourth-order valence-electron chi connectivity index (χ4n) is 1.91. The SMILES string of the molecule is CC(=O)NCc1ccc([C@@H]2CCCN2)nc1. The number of carbonyl (C=O) groups is 1. The second kappa shape index (κ2) is 5.07. The highest BCUT2D eigenvalue weighted by Gasteiger charge is 2.16. The molecule has 1 fully saturated rings. The van der Waals surface area contributed by atoms with Crippen molar-refractivity contribution in [2.75, 3.05) is 6.54 Å². The number of carbonyl (C=O) groups excluding carboxylic acids is 1. The van der Waals surface area contributed by atoms with Crippen molar-refractivity contribution in [1.82, 2.24) is 15.6 Å². The Morgan fingerprint density at radius 3 is 3.06 bits per heavy atom. The normalized spacial score (nSPS) is 19.7. The van der Waals surface area contributed by atoms with Gasteiger partial charge in [-0.2, -0.15) is 0 Å². The van der Waals surface area contributed by atoms with Crippen molar-refractivity contribution in [3.63, 3.8) is 0 Å². The molecule has 0 aromatic carbocycles. The van der Waals surface area contributed by atoms with E-state index < -0.39 is 0 Å². The van der Waals surface area contributed by atoms with Gasteiger partial charge in [-0.25, -0.2) is 0 Å². The molecule has 2 heterocycles. The van der Waals surface area contributed by atoms with Crippen LogP contribution in [0, 0.1) is 0 Å². The number of amides is 1. The van der Waals surface area contributed by atoms with E-state index in [-0.39, 0.29) is 5.91 Å². The number of hydrogen-bond donors (Lipinski definition) is 2. The zero-order valence-electron chi connectivity index (χ0n) is 9.49. The van der Waals surface area contributed by atoms with Gasteiger partial charge in [-0.15, -0.1) is 0 Å². The number of pyridine rings is 1. The molecule has 0 radical (unpaired) electrons. The van der Waals surface area contributed by atoms with Gasteiger partial charge < -0.3 is 10.6 Å². The predicted molar refractivity (Wildman–Crippen MR) is 61.7 cm³/mol. The largest absolute Gasteiger partial charge is 0.352 e. The Morgan fingerprint density at radius 1 is 1.62 bits per heavy atom. The molecule has 1 amide bonds. The van der Waals surface area contributed by atoms with Crippen molar-refractivity contribution in [3.8, 4) is 0 Å². The molecule has 4 nitrogen and oxygen atoms in total. The van der Waals surface area contributed by atoms with Gasteiger partial charge in [-0.3, -0.25) is 9.78 Å². The van der Waals surface area contributed by atoms with Gasteiger partial charge in [0.15, 0.2) is 0 Å². The fourth-order valence-corrected chi connectivity index (χ4v) is 1.91. The third-order valence-corrected chi connectivity index (χ3v) is 2.81. The molecule has 1 aliphatic heterocycles. The van der Waals surface area contributed by atoms with Crippen LogP contribution in [0.3, 0.4) is 0 Å². The molecular weight excluding hydrogens is 202 g/mol. The molecule has 0 spiro atoms. The van der Waals surface area contributed by atoms with Crippen LogP contribution in [0.1, 0.15) is 37.1 Å². The van der Waals surface area contributed by atoms with Gasteiger partial charge in [0.05, 0.1) is 5.69 Å². The van der Waals surface area contributed by atoms with E-state index in [2.05, 4.69) is 15.6 Å². The summed E-state index contributed by atoms with van der Waals surface area (Å²) in [4.78, 5) is 15.2. The number of rotatable bonds is 3. The summed E-state index contributed by atoms with van der Waals surface area (Å²) in [5.74, 6) is -0.0125. The van der Waals surface area contributed by atoms with Crippen LogP contribution < -0.4 is 10.6 Å². The average Bonchev–Trinajstić information content (AvgIpc) is 2.80. The first-order valence-corrected chi connectivity index (χ1v) is 5.68. The second-order valence-corrected chi connectivity index (χ2v) is 4.15. The number of nitrogens with zero attached hydrogens (tertiary/aromatic N) is 1. The second-order valence-electron chi connectivity index (χ2n) is 4.15. The monoisotopic (exact) mass is 219 g/mol. The van der Waals surface area contributed by atoms with Crippen LogP contribution in [0.15, 0.2) is 18.3 Å². The molecule has 1 aromatic heterocycles. The van der Waals surface area contributed by atoms with Crippen molar-refractivity contribution < 1.29 is 4.79 Å². The quantitative estimate of drug-likeness (QED) is 0.801. The minimum absolute atomic E-state index is 0.0125. The Hall–Kier alpha value is -1.42. The lowest BCUT2D eigenvalue weighted by molar-refractivity contribution is -0.119. The molecule has 16 heavy (non-hydrogen) atoms. The number of hydrogen-bond acceptors (Lipinski definition) is 3. The molecule has 0 bridgehead atoms. The summed E-state index contributed by atoms with van der Waals surface area (Å²) in [6.45, 7) is 3.16. The molecule has 86 valence electrons. The lowest BCUT2D eigenvalue weighted by Gasteiger charge is -2.10. The van der Waals surface area contributed by atoms with E-state index in [0.29, 0.717) is 12.6 Å². The standard InChI is InChI=1S/C12H17N3O/c1-9(16)14-7-10-4-5-12(15-8-10)11-3-2-6-13-11/h4-5,8,11,13H,2-3,6-7H2,1H3,(H,14,16)/t11-/m0/s1. The fraction of sp³-hybridized carbons (Fsp3) is 0.500. The topological polar surface area (TPSA) is 54.0 Å². The van der Waals surface area contributed by atoms with Gasteiger partial charge >= 0.3 is 0 Å². The Kier molecular flexibility index (Phi) is 3.51. The Bertz CT molecular complexity index is 355. The highest BCUT2D eigenvalue weighted by atomic mass is 16.1. The maximum absolute atomic E-state index is 10.8. The van der Waals surface area contributed by atoms with E-state index in [1.165, 1.54) is 13.3 Å². The summed E-state index contributed by atoms with van der Waals surface area (Å²) in [7, 11) is 0. The molecule has 1 aromatic rings. The van der Waals surface area contributed by atoms with Crippen molar-refractivity contribution in [1.29, 1.82) is 0 Å². The summed E-state index contributed by atoms with van der Waals surface area (Å²) < 4.78 is 0. The van der Waals surface area contributed by atoms with Gasteiger partial charge in [0.25, 0.3) is 0 Å². The van der Waals surface area contributed by atoms with E-state index in [4.69, 9.17) is 0 Å². The summed E-state index contributed by atoms with van der Waals surface area (Å²) >= 11 is 0. The molecule has 2 rings (SSSR count). The van der Waals surface area contributed by atoms with E-state index in [0.717, 1.165) is 24.2 Å². The lowest BCUT2D eigenvalue weighted by Crippen LogP contribution is -2.19. The minimum Gasteiger partial charge on any atom is -0.352 e. The van der Waals surface area contributed by atoms with Crippen molar-refractivity contribution >= 4 is 5.91 Å². The Morgan fingerprint density at radius 2 is 2.50 bits per heavy atom. The smallest absolute Gasteiger partial charge is 0.217 e. The average molecular weight is 219 g/mol. The first kappa shape index (κ1) is 11.1. The van der Waals surface area contributed by atoms with E-state index in [1.54, 1.807) is 0 Å². The summed E-state index contributed by atoms with van der Waals surface area (Å²) in [6, 6.07) is 4.48. The first-order valence-electron chi connectivity index (χ1n) is 5.68. The zero-order chi connectivity index (χ0) is 11.4. The van der Waals surface area contributed by atoms with Gasteiger partial charge in [-0.1, -0.05) is 6.07 Å². The lowest BCUT2D eigenvalue weighted by atomic mass is 10.1. The van der Waals surface area contributed by atoms with Gasteiger partial charge in [0.1, 0.15) is 0 Å². The summed E-state index contributed by atoms with van der Waals surface area (Å²) in [5, 5.41) is 6.17. The maximum Gasteiger partial charge on any atom is 0.217 e. The van der Waals surface area contributed by atoms with Crippen LogP contribution in [-0.2, 0) is 11.3 Å². The van der Waals surface area contributed by atoms with E-state index >= 15 is 0 Å². The van der Waals surface area contributed by atoms with E-state index in [9.17, 15) is 4.79 Å².